The molecule has 3 aromatic rings. The topological polar surface area (TPSA) is 78.9 Å². The summed E-state index contributed by atoms with van der Waals surface area (Å²) < 4.78 is 0. The second-order valence-corrected chi connectivity index (χ2v) is 6.15. The summed E-state index contributed by atoms with van der Waals surface area (Å²) in [5, 5.41) is 9.09. The van der Waals surface area contributed by atoms with Crippen LogP contribution in [0.3, 0.4) is 0 Å². The summed E-state index contributed by atoms with van der Waals surface area (Å²) in [6.45, 7) is 3.93. The summed E-state index contributed by atoms with van der Waals surface area (Å²) in [6, 6.07) is 13.3. The molecule has 6 nitrogen and oxygen atoms in total. The van der Waals surface area contributed by atoms with Gasteiger partial charge in [-0.05, 0) is 43.2 Å². The number of hydrogen-bond acceptors (Lipinski definition) is 5. The average Bonchev–Trinajstić information content (AvgIpc) is 3.19. The van der Waals surface area contributed by atoms with E-state index in [0.717, 1.165) is 22.6 Å². The number of benzene rings is 1. The van der Waals surface area contributed by atoms with E-state index < -0.39 is 0 Å². The fraction of sp³-hybridized carbons (Fsp3) is 0.143. The molecule has 1 unspecified atom stereocenters. The molecule has 7 heteroatoms. The fourth-order valence-electron chi connectivity index (χ4n) is 2.51. The Morgan fingerprint density at radius 1 is 1.29 bits per heavy atom. The molecule has 0 saturated heterocycles. The second kappa shape index (κ2) is 11.2. The minimum atomic E-state index is -0.179. The summed E-state index contributed by atoms with van der Waals surface area (Å²) in [5.74, 6) is 0.592. The molecule has 28 heavy (non-hydrogen) atoms. The molecule has 0 saturated carbocycles. The molecule has 0 aliphatic rings. The first-order chi connectivity index (χ1) is 13.1. The molecule has 0 spiro atoms. The van der Waals surface area contributed by atoms with Gasteiger partial charge in [0.15, 0.2) is 0 Å². The molecule has 2 heterocycles. The van der Waals surface area contributed by atoms with Crippen molar-refractivity contribution in [2.24, 2.45) is 0 Å². The van der Waals surface area contributed by atoms with Crippen molar-refractivity contribution in [1.82, 2.24) is 15.3 Å². The van der Waals surface area contributed by atoms with Crippen LogP contribution >= 0.6 is 0 Å². The molecule has 3 rings (SSSR count). The maximum atomic E-state index is 12.4. The van der Waals surface area contributed by atoms with Crippen molar-refractivity contribution >= 4 is 17.4 Å². The van der Waals surface area contributed by atoms with Gasteiger partial charge in [-0.2, -0.15) is 12.3 Å². The predicted octanol–water partition coefficient (Wildman–Crippen LogP) is 0.797. The van der Waals surface area contributed by atoms with Crippen LogP contribution in [0.2, 0.25) is 0 Å². The van der Waals surface area contributed by atoms with Gasteiger partial charge in [0.25, 0.3) is 5.91 Å². The van der Waals surface area contributed by atoms with Crippen LogP contribution in [0.15, 0.2) is 67.3 Å². The van der Waals surface area contributed by atoms with Crippen LogP contribution in [0.25, 0.3) is 0 Å². The van der Waals surface area contributed by atoms with Crippen LogP contribution in [0.4, 0.5) is 11.5 Å². The molecule has 0 aliphatic heterocycles. The number of aryl methyl sites for hydroxylation is 1. The number of carbonyl (C=O) groups is 1. The summed E-state index contributed by atoms with van der Waals surface area (Å²) in [6.07, 6.45) is 9.67. The zero-order chi connectivity index (χ0) is 19.1. The maximum Gasteiger partial charge on any atom is 1.00 e. The van der Waals surface area contributed by atoms with Gasteiger partial charge in [0.05, 0.1) is 5.56 Å². The van der Waals surface area contributed by atoms with E-state index in [-0.39, 0.29) is 63.3 Å². The molecule has 3 N–H and O–H groups in total. The number of carbonyl (C=O) groups excluding carboxylic acids is 1. The van der Waals surface area contributed by atoms with Crippen LogP contribution in [0.1, 0.15) is 34.5 Å². The van der Waals surface area contributed by atoms with Gasteiger partial charge in [-0.3, -0.25) is 9.78 Å². The number of nitrogens with one attached hydrogen (secondary N) is 3. The van der Waals surface area contributed by atoms with Crippen molar-refractivity contribution in [2.45, 2.75) is 19.9 Å². The smallest absolute Gasteiger partial charge is 0.560 e. The minimum absolute atomic E-state index is 0. The number of amides is 1. The molecule has 0 aliphatic carbocycles. The standard InChI is InChI=1S/C21H21N5O.K/c1-15-11-18(14-22-13-15)21(27)26-19-6-3-5-17(12-19)16(2)23-9-10-25-20-7-4-8-24-20;/h3-8,10-14,16,23H,1-2H3,(H,24,25)(H,26,27);/q-2;+1. The first kappa shape index (κ1) is 22.4. The van der Waals surface area contributed by atoms with Crippen molar-refractivity contribution in [3.05, 3.63) is 90.1 Å². The van der Waals surface area contributed by atoms with Gasteiger partial charge in [0.1, 0.15) is 0 Å². The molecular formula is C21H21KN5O-. The molecule has 2 aromatic heterocycles. The molecule has 1 amide bonds. The molecular weight excluding hydrogens is 377 g/mol. The Hall–Kier alpha value is -1.90. The largest absolute Gasteiger partial charge is 1.00 e. The number of anilines is 2. The Kier molecular flexibility index (Phi) is 8.94. The quantitative estimate of drug-likeness (QED) is 0.312. The van der Waals surface area contributed by atoms with Crippen LogP contribution in [0, 0.1) is 13.1 Å². The molecule has 138 valence electrons. The van der Waals surface area contributed by atoms with Gasteiger partial charge in [-0.15, -0.1) is 6.20 Å². The average molecular weight is 399 g/mol. The van der Waals surface area contributed by atoms with Gasteiger partial charge in [-0.25, -0.2) is 6.07 Å². The Bertz CT molecular complexity index is 924. The van der Waals surface area contributed by atoms with Crippen molar-refractivity contribution in [3.63, 3.8) is 0 Å². The van der Waals surface area contributed by atoms with Crippen molar-refractivity contribution < 1.29 is 56.2 Å². The molecule has 0 bridgehead atoms. The Balaban J connectivity index is 0.00000280. The number of hydrogen-bond donors (Lipinski definition) is 3. The Morgan fingerprint density at radius 3 is 2.89 bits per heavy atom. The maximum absolute atomic E-state index is 12.4. The van der Waals surface area contributed by atoms with Crippen LogP contribution < -0.4 is 67.3 Å². The van der Waals surface area contributed by atoms with E-state index in [2.05, 4.69) is 32.1 Å². The fourth-order valence-corrected chi connectivity index (χ4v) is 2.51. The van der Waals surface area contributed by atoms with E-state index in [1.54, 1.807) is 24.8 Å². The number of aromatic nitrogens is 2. The van der Waals surface area contributed by atoms with Gasteiger partial charge in [-0.1, -0.05) is 12.1 Å². The zero-order valence-corrected chi connectivity index (χ0v) is 19.4. The first-order valence-electron chi connectivity index (χ1n) is 8.62. The number of pyridine rings is 1. The minimum Gasteiger partial charge on any atom is -0.560 e. The summed E-state index contributed by atoms with van der Waals surface area (Å²) >= 11 is 0. The van der Waals surface area contributed by atoms with Crippen molar-refractivity contribution in [1.29, 1.82) is 0 Å². The van der Waals surface area contributed by atoms with Crippen LogP contribution in [-0.2, 0) is 0 Å². The summed E-state index contributed by atoms with van der Waals surface area (Å²) in [5.41, 5.74) is 3.25. The Labute approximate surface area is 207 Å². The van der Waals surface area contributed by atoms with E-state index >= 15 is 0 Å². The number of nitrogens with zero attached hydrogens (tertiary/aromatic N) is 2. The van der Waals surface area contributed by atoms with Gasteiger partial charge >= 0.3 is 51.4 Å². The van der Waals surface area contributed by atoms with E-state index in [1.165, 1.54) is 0 Å². The van der Waals surface area contributed by atoms with Crippen molar-refractivity contribution in [2.75, 3.05) is 10.6 Å². The molecule has 0 radical (unpaired) electrons. The summed E-state index contributed by atoms with van der Waals surface area (Å²) in [7, 11) is 0. The normalized spacial score (nSPS) is 11.5. The van der Waals surface area contributed by atoms with Gasteiger partial charge < -0.3 is 27.1 Å². The van der Waals surface area contributed by atoms with Crippen molar-refractivity contribution in [3.8, 4) is 0 Å². The molecule has 0 fully saturated rings. The van der Waals surface area contributed by atoms with E-state index in [1.807, 2.05) is 56.3 Å². The van der Waals surface area contributed by atoms with Gasteiger partial charge in [0.2, 0.25) is 0 Å². The third kappa shape index (κ3) is 6.61. The molecule has 1 aromatic carbocycles. The second-order valence-electron chi connectivity index (χ2n) is 6.15. The SMILES string of the molecule is Cc1cncc(C(=O)Nc2cccc(C(C)N[C-]=CNc3[cH-]ccn3)c2)c1.[K+]. The molecule has 1 atom stereocenters. The van der Waals surface area contributed by atoms with E-state index in [9.17, 15) is 4.79 Å². The number of rotatable bonds is 7. The van der Waals surface area contributed by atoms with Crippen LogP contribution in [0.5, 0.6) is 0 Å². The third-order valence-electron chi connectivity index (χ3n) is 3.93. The first-order valence-corrected chi connectivity index (χ1v) is 8.62. The zero-order valence-electron chi connectivity index (χ0n) is 16.2. The summed E-state index contributed by atoms with van der Waals surface area (Å²) in [4.78, 5) is 20.5. The van der Waals surface area contributed by atoms with E-state index in [0.29, 0.717) is 5.56 Å². The van der Waals surface area contributed by atoms with Crippen LogP contribution in [-0.4, -0.2) is 15.9 Å². The monoisotopic (exact) mass is 398 g/mol. The third-order valence-corrected chi connectivity index (χ3v) is 3.93. The predicted molar refractivity (Wildman–Crippen MR) is 106 cm³/mol. The van der Waals surface area contributed by atoms with E-state index in [4.69, 9.17) is 0 Å². The Morgan fingerprint density at radius 2 is 2.14 bits per heavy atom. The van der Waals surface area contributed by atoms with Gasteiger partial charge in [0, 0.05) is 29.9 Å².